The molecule has 0 fully saturated rings. The van der Waals surface area contributed by atoms with Crippen molar-refractivity contribution in [1.29, 1.82) is 0 Å². The maximum Gasteiger partial charge on any atom is 0.0998 e. The molecule has 0 radical (unpaired) electrons. The first-order chi connectivity index (χ1) is 8.11. The Bertz CT molecular complexity index is 521. The summed E-state index contributed by atoms with van der Waals surface area (Å²) >= 11 is 6.13. The second-order valence-electron chi connectivity index (χ2n) is 4.06. The Morgan fingerprint density at radius 3 is 2.94 bits per heavy atom. The van der Waals surface area contributed by atoms with Crippen molar-refractivity contribution in [3.63, 3.8) is 0 Å². The summed E-state index contributed by atoms with van der Waals surface area (Å²) in [6.07, 6.45) is 2.66. The summed E-state index contributed by atoms with van der Waals surface area (Å²) in [7, 11) is 0. The van der Waals surface area contributed by atoms with Gasteiger partial charge in [0.15, 0.2) is 0 Å². The molecule has 5 heteroatoms. The summed E-state index contributed by atoms with van der Waals surface area (Å²) in [6.45, 7) is 4.03. The Hall–Kier alpha value is -1.39. The van der Waals surface area contributed by atoms with Crippen molar-refractivity contribution in [3.8, 4) is 5.69 Å². The molecule has 0 aliphatic heterocycles. The van der Waals surface area contributed by atoms with Crippen molar-refractivity contribution in [1.82, 2.24) is 15.0 Å². The van der Waals surface area contributed by atoms with Crippen LogP contribution in [0, 0.1) is 6.92 Å². The predicted octanol–water partition coefficient (Wildman–Crippen LogP) is 2.64. The van der Waals surface area contributed by atoms with Crippen molar-refractivity contribution in [2.45, 2.75) is 26.3 Å². The van der Waals surface area contributed by atoms with Crippen LogP contribution in [0.4, 0.5) is 0 Å². The fourth-order valence-corrected chi connectivity index (χ4v) is 1.78. The van der Waals surface area contributed by atoms with Crippen molar-refractivity contribution in [3.05, 3.63) is 40.7 Å². The molecule has 0 aliphatic rings. The Morgan fingerprint density at radius 1 is 1.47 bits per heavy atom. The number of rotatable bonds is 3. The molecule has 2 rings (SSSR count). The maximum absolute atomic E-state index is 6.13. The average Bonchev–Trinajstić information content (AvgIpc) is 2.80. The summed E-state index contributed by atoms with van der Waals surface area (Å²) in [5.74, 6) is 0. The highest BCUT2D eigenvalue weighted by Crippen LogP contribution is 2.21. The van der Waals surface area contributed by atoms with Gasteiger partial charge in [-0.25, -0.2) is 4.68 Å². The van der Waals surface area contributed by atoms with Gasteiger partial charge in [0.25, 0.3) is 0 Å². The van der Waals surface area contributed by atoms with Gasteiger partial charge >= 0.3 is 0 Å². The molecule has 1 atom stereocenters. The topological polar surface area (TPSA) is 56.7 Å². The van der Waals surface area contributed by atoms with E-state index in [1.165, 1.54) is 0 Å². The molecule has 1 aromatic carbocycles. The zero-order valence-corrected chi connectivity index (χ0v) is 10.6. The molecule has 1 unspecified atom stereocenters. The molecule has 0 aliphatic carbocycles. The molecular weight excluding hydrogens is 236 g/mol. The van der Waals surface area contributed by atoms with Crippen molar-refractivity contribution in [2.24, 2.45) is 5.73 Å². The molecule has 2 N–H and O–H groups in total. The zero-order chi connectivity index (χ0) is 12.4. The van der Waals surface area contributed by atoms with Crippen molar-refractivity contribution in [2.75, 3.05) is 0 Å². The summed E-state index contributed by atoms with van der Waals surface area (Å²) in [4.78, 5) is 0. The fourth-order valence-electron chi connectivity index (χ4n) is 1.57. The van der Waals surface area contributed by atoms with E-state index in [0.717, 1.165) is 23.4 Å². The first-order valence-electron chi connectivity index (χ1n) is 5.56. The molecule has 1 aromatic heterocycles. The van der Waals surface area contributed by atoms with E-state index in [9.17, 15) is 0 Å². The smallest absolute Gasteiger partial charge is 0.0998 e. The van der Waals surface area contributed by atoms with Gasteiger partial charge in [-0.15, -0.1) is 5.10 Å². The fraction of sp³-hybridized carbons (Fsp3) is 0.333. The molecule has 90 valence electrons. The normalized spacial score (nSPS) is 12.7. The third kappa shape index (κ3) is 2.48. The van der Waals surface area contributed by atoms with E-state index >= 15 is 0 Å². The lowest BCUT2D eigenvalue weighted by Gasteiger charge is -2.05. The van der Waals surface area contributed by atoms with Gasteiger partial charge in [-0.05, 0) is 31.0 Å². The highest BCUT2D eigenvalue weighted by Gasteiger charge is 2.11. The maximum atomic E-state index is 6.13. The molecule has 0 amide bonds. The number of hydrogen-bond acceptors (Lipinski definition) is 3. The molecular formula is C12H15ClN4. The van der Waals surface area contributed by atoms with E-state index in [0.29, 0.717) is 5.02 Å². The van der Waals surface area contributed by atoms with Crippen LogP contribution in [0.15, 0.2) is 24.4 Å². The molecule has 0 bridgehead atoms. The Labute approximate surface area is 105 Å². The van der Waals surface area contributed by atoms with Gasteiger partial charge in [0, 0.05) is 0 Å². The number of hydrogen-bond donors (Lipinski definition) is 1. The Morgan fingerprint density at radius 2 is 2.24 bits per heavy atom. The molecule has 17 heavy (non-hydrogen) atoms. The Balaban J connectivity index is 2.40. The minimum Gasteiger partial charge on any atom is -0.323 e. The highest BCUT2D eigenvalue weighted by atomic mass is 35.5. The molecule has 0 saturated heterocycles. The Kier molecular flexibility index (Phi) is 3.45. The SMILES string of the molecule is CCC(N)c1cn(-c2cc(C)ccc2Cl)nn1. The van der Waals surface area contributed by atoms with Gasteiger partial charge < -0.3 is 5.73 Å². The molecule has 2 aromatic rings. The van der Waals surface area contributed by atoms with Gasteiger partial charge in [-0.2, -0.15) is 0 Å². The monoisotopic (exact) mass is 250 g/mol. The minimum absolute atomic E-state index is 0.0765. The van der Waals surface area contributed by atoms with Crippen molar-refractivity contribution < 1.29 is 0 Å². The first-order valence-corrected chi connectivity index (χ1v) is 5.94. The van der Waals surface area contributed by atoms with Gasteiger partial charge in [-0.1, -0.05) is 29.8 Å². The lowest BCUT2D eigenvalue weighted by molar-refractivity contribution is 0.670. The quantitative estimate of drug-likeness (QED) is 0.911. The number of halogens is 1. The van der Waals surface area contributed by atoms with Gasteiger partial charge in [0.2, 0.25) is 0 Å². The number of nitrogens with two attached hydrogens (primary N) is 1. The standard InChI is InChI=1S/C12H15ClN4/c1-3-10(14)11-7-17(16-15-11)12-6-8(2)4-5-9(12)13/h4-7,10H,3,14H2,1-2H3. The lowest BCUT2D eigenvalue weighted by Crippen LogP contribution is -2.08. The lowest BCUT2D eigenvalue weighted by atomic mass is 10.2. The van der Waals surface area contributed by atoms with Crippen LogP contribution in [-0.4, -0.2) is 15.0 Å². The number of aryl methyl sites for hydroxylation is 1. The van der Waals surface area contributed by atoms with Crippen LogP contribution < -0.4 is 5.73 Å². The van der Waals surface area contributed by atoms with Crippen LogP contribution in [0.2, 0.25) is 5.02 Å². The van der Waals surface area contributed by atoms with Crippen LogP contribution in [0.3, 0.4) is 0 Å². The summed E-state index contributed by atoms with van der Waals surface area (Å²) in [5, 5.41) is 8.77. The van der Waals surface area contributed by atoms with E-state index in [2.05, 4.69) is 10.3 Å². The summed E-state index contributed by atoms with van der Waals surface area (Å²) in [5.41, 5.74) is 8.64. The summed E-state index contributed by atoms with van der Waals surface area (Å²) < 4.78 is 1.67. The molecule has 0 saturated carbocycles. The van der Waals surface area contributed by atoms with Crippen LogP contribution in [-0.2, 0) is 0 Å². The largest absolute Gasteiger partial charge is 0.323 e. The third-order valence-corrected chi connectivity index (χ3v) is 3.00. The summed E-state index contributed by atoms with van der Waals surface area (Å²) in [6, 6.07) is 5.71. The van der Waals surface area contributed by atoms with E-state index in [1.807, 2.05) is 38.2 Å². The average molecular weight is 251 g/mol. The van der Waals surface area contributed by atoms with Crippen LogP contribution in [0.5, 0.6) is 0 Å². The number of aromatic nitrogens is 3. The van der Waals surface area contributed by atoms with Crippen LogP contribution in [0.25, 0.3) is 5.69 Å². The second kappa shape index (κ2) is 4.85. The second-order valence-corrected chi connectivity index (χ2v) is 4.46. The molecule has 1 heterocycles. The molecule has 4 nitrogen and oxygen atoms in total. The van der Waals surface area contributed by atoms with E-state index in [4.69, 9.17) is 17.3 Å². The minimum atomic E-state index is -0.0765. The zero-order valence-electron chi connectivity index (χ0n) is 9.89. The highest BCUT2D eigenvalue weighted by molar-refractivity contribution is 6.32. The first kappa shape index (κ1) is 12.1. The van der Waals surface area contributed by atoms with Gasteiger partial charge in [0.05, 0.1) is 28.6 Å². The number of benzene rings is 1. The van der Waals surface area contributed by atoms with E-state index < -0.39 is 0 Å². The molecule has 0 spiro atoms. The van der Waals surface area contributed by atoms with Crippen LogP contribution >= 0.6 is 11.6 Å². The van der Waals surface area contributed by atoms with E-state index in [1.54, 1.807) is 4.68 Å². The predicted molar refractivity (Wildman–Crippen MR) is 68.3 cm³/mol. The third-order valence-electron chi connectivity index (χ3n) is 2.68. The van der Waals surface area contributed by atoms with Crippen LogP contribution in [0.1, 0.15) is 30.6 Å². The van der Waals surface area contributed by atoms with Crippen molar-refractivity contribution >= 4 is 11.6 Å². The number of nitrogens with zero attached hydrogens (tertiary/aromatic N) is 3. The van der Waals surface area contributed by atoms with Gasteiger partial charge in [-0.3, -0.25) is 0 Å². The van der Waals surface area contributed by atoms with Gasteiger partial charge in [0.1, 0.15) is 0 Å². The van der Waals surface area contributed by atoms with E-state index in [-0.39, 0.29) is 6.04 Å².